The van der Waals surface area contributed by atoms with E-state index >= 15 is 0 Å². The molecule has 0 saturated carbocycles. The van der Waals surface area contributed by atoms with Crippen LogP contribution in [0.25, 0.3) is 0 Å². The van der Waals surface area contributed by atoms with Gasteiger partial charge in [-0.3, -0.25) is 10.1 Å². The zero-order chi connectivity index (χ0) is 15.0. The summed E-state index contributed by atoms with van der Waals surface area (Å²) in [6.45, 7) is 10.3. The van der Waals surface area contributed by atoms with Crippen LogP contribution in [0, 0.1) is 10.1 Å². The number of hydrogen-bond acceptors (Lipinski definition) is 6. The summed E-state index contributed by atoms with van der Waals surface area (Å²) in [6, 6.07) is 3.10. The topological polar surface area (TPSA) is 83.3 Å². The fourth-order valence-electron chi connectivity index (χ4n) is 1.88. The Bertz CT molecular complexity index is 435. The minimum atomic E-state index is -0.414. The SMILES string of the molecule is CCNc1ccc([N+](=O)[O-])c(NCCN(CC)CC)n1. The fourth-order valence-corrected chi connectivity index (χ4v) is 1.88. The van der Waals surface area contributed by atoms with E-state index in [-0.39, 0.29) is 5.69 Å². The van der Waals surface area contributed by atoms with Crippen molar-refractivity contribution in [3.63, 3.8) is 0 Å². The Labute approximate surface area is 119 Å². The van der Waals surface area contributed by atoms with E-state index in [1.54, 1.807) is 6.07 Å². The van der Waals surface area contributed by atoms with Crippen molar-refractivity contribution in [1.82, 2.24) is 9.88 Å². The van der Waals surface area contributed by atoms with E-state index in [9.17, 15) is 10.1 Å². The molecule has 1 heterocycles. The van der Waals surface area contributed by atoms with Crippen molar-refractivity contribution in [2.24, 2.45) is 0 Å². The molecule has 0 saturated heterocycles. The molecule has 0 radical (unpaired) electrons. The lowest BCUT2D eigenvalue weighted by Gasteiger charge is -2.18. The van der Waals surface area contributed by atoms with Gasteiger partial charge in [0.2, 0.25) is 5.82 Å². The lowest BCUT2D eigenvalue weighted by molar-refractivity contribution is -0.384. The number of nitro groups is 1. The standard InChI is InChI=1S/C13H23N5O2/c1-4-14-12-8-7-11(18(19)20)13(16-12)15-9-10-17(5-2)6-3/h7-8H,4-6,9-10H2,1-3H3,(H2,14,15,16). The molecule has 0 spiro atoms. The van der Waals surface area contributed by atoms with Crippen LogP contribution in [-0.2, 0) is 0 Å². The molecule has 2 N–H and O–H groups in total. The van der Waals surface area contributed by atoms with Crippen LogP contribution >= 0.6 is 0 Å². The molecule has 1 rings (SSSR count). The minimum absolute atomic E-state index is 0.00574. The van der Waals surface area contributed by atoms with E-state index in [1.165, 1.54) is 6.07 Å². The Balaban J connectivity index is 2.74. The van der Waals surface area contributed by atoms with Crippen LogP contribution in [0.1, 0.15) is 20.8 Å². The average molecular weight is 281 g/mol. The molecule has 0 amide bonds. The summed E-state index contributed by atoms with van der Waals surface area (Å²) < 4.78 is 0. The molecule has 1 aromatic heterocycles. The van der Waals surface area contributed by atoms with Crippen LogP contribution in [0.5, 0.6) is 0 Å². The van der Waals surface area contributed by atoms with E-state index in [4.69, 9.17) is 0 Å². The Kier molecular flexibility index (Phi) is 6.72. The molecule has 0 bridgehead atoms. The first-order valence-corrected chi connectivity index (χ1v) is 6.97. The highest BCUT2D eigenvalue weighted by Gasteiger charge is 2.15. The Hall–Kier alpha value is -1.89. The maximum atomic E-state index is 11.0. The molecule has 0 unspecified atom stereocenters. The second kappa shape index (κ2) is 8.31. The van der Waals surface area contributed by atoms with Crippen molar-refractivity contribution >= 4 is 17.3 Å². The van der Waals surface area contributed by atoms with Crippen LogP contribution in [0.2, 0.25) is 0 Å². The maximum absolute atomic E-state index is 11.0. The Morgan fingerprint density at radius 2 is 1.95 bits per heavy atom. The summed E-state index contributed by atoms with van der Waals surface area (Å²) in [5.41, 5.74) is 0.00574. The fraction of sp³-hybridized carbons (Fsp3) is 0.615. The third-order valence-corrected chi connectivity index (χ3v) is 3.04. The summed E-state index contributed by atoms with van der Waals surface area (Å²) >= 11 is 0. The molecule has 0 aliphatic rings. The quantitative estimate of drug-likeness (QED) is 0.533. The van der Waals surface area contributed by atoms with Crippen molar-refractivity contribution in [2.75, 3.05) is 43.4 Å². The van der Waals surface area contributed by atoms with Gasteiger partial charge in [-0.05, 0) is 26.1 Å². The first kappa shape index (κ1) is 16.2. The molecule has 0 aromatic carbocycles. The average Bonchev–Trinajstić information content (AvgIpc) is 2.44. The second-order valence-electron chi connectivity index (χ2n) is 4.31. The van der Waals surface area contributed by atoms with Gasteiger partial charge in [0.15, 0.2) is 0 Å². The van der Waals surface area contributed by atoms with Gasteiger partial charge in [-0.15, -0.1) is 0 Å². The third kappa shape index (κ3) is 4.65. The molecule has 20 heavy (non-hydrogen) atoms. The predicted octanol–water partition coefficient (Wildman–Crippen LogP) is 2.18. The number of rotatable bonds is 9. The van der Waals surface area contributed by atoms with Crippen molar-refractivity contribution < 1.29 is 4.92 Å². The lowest BCUT2D eigenvalue weighted by Crippen LogP contribution is -2.28. The highest BCUT2D eigenvalue weighted by Crippen LogP contribution is 2.23. The van der Waals surface area contributed by atoms with Crippen LogP contribution in [0.3, 0.4) is 0 Å². The highest BCUT2D eigenvalue weighted by molar-refractivity contribution is 5.60. The number of anilines is 2. The zero-order valence-electron chi connectivity index (χ0n) is 12.3. The van der Waals surface area contributed by atoms with Crippen molar-refractivity contribution in [3.8, 4) is 0 Å². The van der Waals surface area contributed by atoms with Crippen LogP contribution < -0.4 is 10.6 Å². The van der Waals surface area contributed by atoms with E-state index in [2.05, 4.69) is 34.4 Å². The Morgan fingerprint density at radius 1 is 1.25 bits per heavy atom. The molecule has 7 nitrogen and oxygen atoms in total. The molecule has 0 aliphatic heterocycles. The summed E-state index contributed by atoms with van der Waals surface area (Å²) in [5.74, 6) is 0.962. The number of pyridine rings is 1. The second-order valence-corrected chi connectivity index (χ2v) is 4.31. The minimum Gasteiger partial charge on any atom is -0.370 e. The lowest BCUT2D eigenvalue weighted by atomic mass is 10.3. The zero-order valence-corrected chi connectivity index (χ0v) is 12.3. The summed E-state index contributed by atoms with van der Waals surface area (Å²) in [5, 5.41) is 17.1. The largest absolute Gasteiger partial charge is 0.370 e. The number of nitrogens with zero attached hydrogens (tertiary/aromatic N) is 3. The summed E-state index contributed by atoms with van der Waals surface area (Å²) in [4.78, 5) is 17.1. The third-order valence-electron chi connectivity index (χ3n) is 3.04. The number of hydrogen-bond donors (Lipinski definition) is 2. The van der Waals surface area contributed by atoms with Gasteiger partial charge >= 0.3 is 5.69 Å². The maximum Gasteiger partial charge on any atom is 0.311 e. The monoisotopic (exact) mass is 281 g/mol. The summed E-state index contributed by atoms with van der Waals surface area (Å²) in [6.07, 6.45) is 0. The van der Waals surface area contributed by atoms with Gasteiger partial charge in [-0.25, -0.2) is 4.98 Å². The van der Waals surface area contributed by atoms with E-state index in [1.807, 2.05) is 6.92 Å². The van der Waals surface area contributed by atoms with Crippen LogP contribution in [0.15, 0.2) is 12.1 Å². The van der Waals surface area contributed by atoms with Crippen LogP contribution in [-0.4, -0.2) is 47.5 Å². The first-order valence-electron chi connectivity index (χ1n) is 6.97. The van der Waals surface area contributed by atoms with E-state index in [0.717, 1.165) is 26.2 Å². The van der Waals surface area contributed by atoms with Gasteiger partial charge < -0.3 is 15.5 Å². The van der Waals surface area contributed by atoms with E-state index in [0.29, 0.717) is 18.2 Å². The van der Waals surface area contributed by atoms with Gasteiger partial charge in [0, 0.05) is 25.7 Å². The van der Waals surface area contributed by atoms with Gasteiger partial charge in [0.25, 0.3) is 0 Å². The van der Waals surface area contributed by atoms with Crippen molar-refractivity contribution in [2.45, 2.75) is 20.8 Å². The van der Waals surface area contributed by atoms with Crippen molar-refractivity contribution in [3.05, 3.63) is 22.2 Å². The molecule has 0 fully saturated rings. The van der Waals surface area contributed by atoms with Gasteiger partial charge in [-0.1, -0.05) is 13.8 Å². The molecular formula is C13H23N5O2. The molecule has 0 atom stereocenters. The van der Waals surface area contributed by atoms with Gasteiger partial charge in [0.1, 0.15) is 5.82 Å². The normalized spacial score (nSPS) is 10.6. The van der Waals surface area contributed by atoms with E-state index < -0.39 is 4.92 Å². The molecule has 112 valence electrons. The number of aromatic nitrogens is 1. The molecule has 0 aliphatic carbocycles. The molecular weight excluding hydrogens is 258 g/mol. The van der Waals surface area contributed by atoms with Gasteiger partial charge in [-0.2, -0.15) is 0 Å². The van der Waals surface area contributed by atoms with Gasteiger partial charge in [0.05, 0.1) is 4.92 Å². The molecule has 1 aromatic rings. The smallest absolute Gasteiger partial charge is 0.311 e. The van der Waals surface area contributed by atoms with Crippen LogP contribution in [0.4, 0.5) is 17.3 Å². The Morgan fingerprint density at radius 3 is 2.50 bits per heavy atom. The number of nitrogens with one attached hydrogen (secondary N) is 2. The predicted molar refractivity (Wildman–Crippen MR) is 81.3 cm³/mol. The molecule has 7 heteroatoms. The summed E-state index contributed by atoms with van der Waals surface area (Å²) in [7, 11) is 0. The highest BCUT2D eigenvalue weighted by atomic mass is 16.6. The van der Waals surface area contributed by atoms with Crippen molar-refractivity contribution in [1.29, 1.82) is 0 Å². The number of likely N-dealkylation sites (N-methyl/N-ethyl adjacent to an activating group) is 1. The first-order chi connectivity index (χ1) is 9.62.